The first-order valence-corrected chi connectivity index (χ1v) is 7.99. The van der Waals surface area contributed by atoms with Gasteiger partial charge < -0.3 is 0 Å². The van der Waals surface area contributed by atoms with Crippen LogP contribution in [0.3, 0.4) is 0 Å². The van der Waals surface area contributed by atoms with Gasteiger partial charge in [0.25, 0.3) is 0 Å². The Labute approximate surface area is 110 Å². The van der Waals surface area contributed by atoms with E-state index in [2.05, 4.69) is 16.3 Å². The van der Waals surface area contributed by atoms with Crippen LogP contribution in [0.25, 0.3) is 0 Å². The number of rotatable bonds is 5. The lowest BCUT2D eigenvalue weighted by atomic mass is 10.0. The topological polar surface area (TPSA) is 76.4 Å². The third-order valence-corrected chi connectivity index (χ3v) is 4.46. The van der Waals surface area contributed by atoms with Crippen molar-refractivity contribution >= 4 is 10.0 Å². The minimum atomic E-state index is -3.08. The number of sulfonamides is 1. The third kappa shape index (κ3) is 4.21. The summed E-state index contributed by atoms with van der Waals surface area (Å²) >= 11 is 0. The number of nitrogens with one attached hydrogen (secondary N) is 1. The van der Waals surface area contributed by atoms with Crippen LogP contribution in [0.4, 0.5) is 0 Å². The van der Waals surface area contributed by atoms with Crippen LogP contribution in [0.1, 0.15) is 13.8 Å². The lowest BCUT2D eigenvalue weighted by Crippen LogP contribution is -2.55. The minimum Gasteiger partial charge on any atom is -0.299 e. The van der Waals surface area contributed by atoms with Crippen molar-refractivity contribution < 1.29 is 8.42 Å². The number of hydrogen-bond acceptors (Lipinski definition) is 5. The van der Waals surface area contributed by atoms with Gasteiger partial charge in [-0.25, -0.2) is 8.42 Å². The zero-order chi connectivity index (χ0) is 13.8. The van der Waals surface area contributed by atoms with Crippen LogP contribution in [-0.4, -0.2) is 68.7 Å². The standard InChI is InChI=1S/C11H22N4O2S/c1-4-13-11(2,9-12)10-14-5-7-15(8-6-14)18(3,16)17/h13H,4-8,10H2,1-3H3. The average Bonchev–Trinajstić information content (AvgIpc) is 2.29. The summed E-state index contributed by atoms with van der Waals surface area (Å²) in [5.41, 5.74) is -0.567. The number of nitriles is 1. The van der Waals surface area contributed by atoms with Gasteiger partial charge in [0, 0.05) is 32.7 Å². The second-order valence-electron chi connectivity index (χ2n) is 4.91. The van der Waals surface area contributed by atoms with Crippen LogP contribution in [-0.2, 0) is 10.0 Å². The molecule has 1 fully saturated rings. The minimum absolute atomic E-state index is 0.506. The maximum absolute atomic E-state index is 11.4. The highest BCUT2D eigenvalue weighted by atomic mass is 32.2. The first kappa shape index (κ1) is 15.4. The van der Waals surface area contributed by atoms with E-state index >= 15 is 0 Å². The Bertz CT molecular complexity index is 409. The Morgan fingerprint density at radius 2 is 1.89 bits per heavy atom. The number of likely N-dealkylation sites (N-methyl/N-ethyl adjacent to an activating group) is 1. The normalized spacial score (nSPS) is 22.3. The Kier molecular flexibility index (Phi) is 5.10. The molecule has 0 bridgehead atoms. The van der Waals surface area contributed by atoms with E-state index in [9.17, 15) is 13.7 Å². The highest BCUT2D eigenvalue weighted by molar-refractivity contribution is 7.88. The van der Waals surface area contributed by atoms with Crippen LogP contribution >= 0.6 is 0 Å². The van der Waals surface area contributed by atoms with E-state index in [0.717, 1.165) is 6.54 Å². The van der Waals surface area contributed by atoms with E-state index in [0.29, 0.717) is 32.7 Å². The molecule has 1 atom stereocenters. The predicted molar refractivity (Wildman–Crippen MR) is 70.6 cm³/mol. The van der Waals surface area contributed by atoms with Gasteiger partial charge in [0.05, 0.1) is 12.3 Å². The van der Waals surface area contributed by atoms with Crippen molar-refractivity contribution in [1.29, 1.82) is 5.26 Å². The summed E-state index contributed by atoms with van der Waals surface area (Å²) in [5, 5.41) is 12.3. The van der Waals surface area contributed by atoms with Gasteiger partial charge in [0.2, 0.25) is 10.0 Å². The summed E-state index contributed by atoms with van der Waals surface area (Å²) in [4.78, 5) is 2.13. The molecule has 18 heavy (non-hydrogen) atoms. The van der Waals surface area contributed by atoms with Crippen LogP contribution in [0.15, 0.2) is 0 Å². The molecule has 1 rings (SSSR count). The number of piperazine rings is 1. The maximum atomic E-state index is 11.4. The van der Waals surface area contributed by atoms with Crippen LogP contribution in [0.2, 0.25) is 0 Å². The lowest BCUT2D eigenvalue weighted by Gasteiger charge is -2.37. The quantitative estimate of drug-likeness (QED) is 0.728. The van der Waals surface area contributed by atoms with Gasteiger partial charge >= 0.3 is 0 Å². The van der Waals surface area contributed by atoms with E-state index in [1.165, 1.54) is 10.6 Å². The van der Waals surface area contributed by atoms with E-state index in [1.807, 2.05) is 13.8 Å². The fourth-order valence-corrected chi connectivity index (χ4v) is 3.01. The Hall–Kier alpha value is -0.680. The summed E-state index contributed by atoms with van der Waals surface area (Å²) in [6.45, 7) is 7.57. The molecule has 1 heterocycles. The molecule has 7 heteroatoms. The maximum Gasteiger partial charge on any atom is 0.211 e. The van der Waals surface area contributed by atoms with E-state index in [4.69, 9.17) is 0 Å². The van der Waals surface area contributed by atoms with Crippen molar-refractivity contribution in [2.24, 2.45) is 0 Å². The first-order valence-electron chi connectivity index (χ1n) is 6.14. The molecule has 0 saturated carbocycles. The molecule has 1 aliphatic rings. The number of hydrogen-bond donors (Lipinski definition) is 1. The average molecular weight is 274 g/mol. The van der Waals surface area contributed by atoms with Gasteiger partial charge in [-0.3, -0.25) is 10.2 Å². The van der Waals surface area contributed by atoms with Gasteiger partial charge in [0.15, 0.2) is 0 Å². The fraction of sp³-hybridized carbons (Fsp3) is 0.909. The molecule has 0 aromatic heterocycles. The molecule has 6 nitrogen and oxygen atoms in total. The molecule has 1 aliphatic heterocycles. The second-order valence-corrected chi connectivity index (χ2v) is 6.89. The van der Waals surface area contributed by atoms with E-state index < -0.39 is 15.6 Å². The van der Waals surface area contributed by atoms with Crippen molar-refractivity contribution in [3.05, 3.63) is 0 Å². The molecule has 1 saturated heterocycles. The predicted octanol–water partition coefficient (Wildman–Crippen LogP) is -0.545. The SMILES string of the molecule is CCNC(C)(C#N)CN1CCN(S(C)(=O)=O)CC1. The molecule has 0 radical (unpaired) electrons. The summed E-state index contributed by atoms with van der Waals surface area (Å²) in [6, 6.07) is 2.28. The molecule has 1 N–H and O–H groups in total. The Morgan fingerprint density at radius 1 is 1.33 bits per heavy atom. The second kappa shape index (κ2) is 5.97. The molecule has 104 valence electrons. The summed E-state index contributed by atoms with van der Waals surface area (Å²) < 4.78 is 24.2. The molecule has 0 aromatic rings. The smallest absolute Gasteiger partial charge is 0.211 e. The largest absolute Gasteiger partial charge is 0.299 e. The van der Waals surface area contributed by atoms with Crippen LogP contribution < -0.4 is 5.32 Å². The van der Waals surface area contributed by atoms with Crippen molar-refractivity contribution in [2.45, 2.75) is 19.4 Å². The van der Waals surface area contributed by atoms with Gasteiger partial charge in [-0.1, -0.05) is 6.92 Å². The van der Waals surface area contributed by atoms with E-state index in [-0.39, 0.29) is 0 Å². The Balaban J connectivity index is 2.52. The van der Waals surface area contributed by atoms with Crippen LogP contribution in [0, 0.1) is 11.3 Å². The summed E-state index contributed by atoms with van der Waals surface area (Å²) in [5.74, 6) is 0. The summed E-state index contributed by atoms with van der Waals surface area (Å²) in [7, 11) is -3.08. The highest BCUT2D eigenvalue weighted by Gasteiger charge is 2.29. The van der Waals surface area contributed by atoms with Gasteiger partial charge in [0.1, 0.15) is 5.54 Å². The zero-order valence-corrected chi connectivity index (χ0v) is 12.1. The zero-order valence-electron chi connectivity index (χ0n) is 11.3. The van der Waals surface area contributed by atoms with Gasteiger partial charge in [-0.2, -0.15) is 9.57 Å². The van der Waals surface area contributed by atoms with Crippen molar-refractivity contribution in [2.75, 3.05) is 45.5 Å². The van der Waals surface area contributed by atoms with Crippen molar-refractivity contribution in [3.8, 4) is 6.07 Å². The van der Waals surface area contributed by atoms with Crippen molar-refractivity contribution in [1.82, 2.24) is 14.5 Å². The molecule has 0 aliphatic carbocycles. The van der Waals surface area contributed by atoms with E-state index in [1.54, 1.807) is 0 Å². The Morgan fingerprint density at radius 3 is 2.28 bits per heavy atom. The highest BCUT2D eigenvalue weighted by Crippen LogP contribution is 2.10. The first-order chi connectivity index (χ1) is 8.30. The number of nitrogens with zero attached hydrogens (tertiary/aromatic N) is 3. The lowest BCUT2D eigenvalue weighted by molar-refractivity contribution is 0.161. The molecular weight excluding hydrogens is 252 g/mol. The van der Waals surface area contributed by atoms with Gasteiger partial charge in [-0.15, -0.1) is 0 Å². The molecule has 0 amide bonds. The molecular formula is C11H22N4O2S. The fourth-order valence-electron chi connectivity index (χ4n) is 2.19. The monoisotopic (exact) mass is 274 g/mol. The molecule has 0 aromatic carbocycles. The third-order valence-electron chi connectivity index (χ3n) is 3.15. The molecule has 1 unspecified atom stereocenters. The van der Waals surface area contributed by atoms with Gasteiger partial charge in [-0.05, 0) is 13.5 Å². The summed E-state index contributed by atoms with van der Waals surface area (Å²) in [6.07, 6.45) is 1.24. The van der Waals surface area contributed by atoms with Crippen molar-refractivity contribution in [3.63, 3.8) is 0 Å². The molecule has 0 spiro atoms. The van der Waals surface area contributed by atoms with Crippen LogP contribution in [0.5, 0.6) is 0 Å².